The van der Waals surface area contributed by atoms with E-state index < -0.39 is 8.80 Å². The zero-order chi connectivity index (χ0) is 10.6. The molecule has 0 aromatic rings. The van der Waals surface area contributed by atoms with E-state index in [0.29, 0.717) is 0 Å². The molecule has 5 heteroatoms. The van der Waals surface area contributed by atoms with Crippen LogP contribution in [0, 0.1) is 0 Å². The van der Waals surface area contributed by atoms with E-state index in [9.17, 15) is 0 Å². The number of hydrogen-bond donors (Lipinski definition) is 0. The van der Waals surface area contributed by atoms with Crippen LogP contribution in [0.4, 0.5) is 0 Å². The van der Waals surface area contributed by atoms with E-state index in [0.717, 1.165) is 19.5 Å². The topological polar surface area (TPSA) is 30.9 Å². The molecule has 0 aromatic carbocycles. The first-order valence-electron chi connectivity index (χ1n) is 4.72. The first-order chi connectivity index (χ1) is 6.68. The molecule has 0 amide bonds. The van der Waals surface area contributed by atoms with Gasteiger partial charge in [-0.15, -0.1) is 0 Å². The van der Waals surface area contributed by atoms with Crippen molar-refractivity contribution >= 4 is 8.80 Å². The van der Waals surface area contributed by atoms with Gasteiger partial charge in [0.05, 0.1) is 0 Å². The van der Waals surface area contributed by atoms with Gasteiger partial charge in [0, 0.05) is 39.6 Å². The van der Waals surface area contributed by atoms with E-state index in [1.54, 1.807) is 21.3 Å². The highest BCUT2D eigenvalue weighted by Gasteiger charge is 2.43. The van der Waals surface area contributed by atoms with Crippen LogP contribution in [0.1, 0.15) is 6.42 Å². The molecule has 1 aliphatic heterocycles. The van der Waals surface area contributed by atoms with Crippen LogP contribution in [0.15, 0.2) is 11.3 Å². The molecule has 0 unspecified atom stereocenters. The predicted octanol–water partition coefficient (Wildman–Crippen LogP) is 0.666. The summed E-state index contributed by atoms with van der Waals surface area (Å²) >= 11 is 0. The quantitative estimate of drug-likeness (QED) is 0.648. The smallest absolute Gasteiger partial charge is 0.374 e. The van der Waals surface area contributed by atoms with Crippen LogP contribution in [0.2, 0.25) is 0 Å². The highest BCUT2D eigenvalue weighted by atomic mass is 28.4. The maximum Gasteiger partial charge on any atom is 0.533 e. The summed E-state index contributed by atoms with van der Waals surface area (Å²) in [5.74, 6) is 0. The highest BCUT2D eigenvalue weighted by molar-refractivity contribution is 6.68. The summed E-state index contributed by atoms with van der Waals surface area (Å²) in [6, 6.07) is 0. The summed E-state index contributed by atoms with van der Waals surface area (Å²) < 4.78 is 16.3. The molecular formula is C9H19NO3Si. The highest BCUT2D eigenvalue weighted by Crippen LogP contribution is 2.21. The van der Waals surface area contributed by atoms with Crippen molar-refractivity contribution in [3.05, 3.63) is 11.3 Å². The fraction of sp³-hybridized carbons (Fsp3) is 0.778. The maximum atomic E-state index is 5.42. The number of hydrogen-bond acceptors (Lipinski definition) is 4. The van der Waals surface area contributed by atoms with E-state index in [4.69, 9.17) is 13.3 Å². The van der Waals surface area contributed by atoms with E-state index in [1.165, 1.54) is 5.20 Å². The zero-order valence-corrected chi connectivity index (χ0v) is 10.4. The van der Waals surface area contributed by atoms with Crippen molar-refractivity contribution in [3.63, 3.8) is 0 Å². The second-order valence-electron chi connectivity index (χ2n) is 3.42. The molecule has 0 N–H and O–H groups in total. The average Bonchev–Trinajstić information content (AvgIpc) is 2.22. The lowest BCUT2D eigenvalue weighted by Crippen LogP contribution is -2.49. The van der Waals surface area contributed by atoms with Crippen LogP contribution < -0.4 is 0 Å². The molecular weight excluding hydrogens is 198 g/mol. The lowest BCUT2D eigenvalue weighted by Gasteiger charge is -2.32. The molecule has 0 spiro atoms. The predicted molar refractivity (Wildman–Crippen MR) is 57.0 cm³/mol. The Balaban J connectivity index is 2.82. The lowest BCUT2D eigenvalue weighted by atomic mass is 10.3. The van der Waals surface area contributed by atoms with Gasteiger partial charge in [0.1, 0.15) is 0 Å². The fourth-order valence-corrected chi connectivity index (χ4v) is 3.90. The minimum absolute atomic E-state index is 0.877. The first-order valence-corrected chi connectivity index (χ1v) is 6.44. The molecule has 0 bridgehead atoms. The summed E-state index contributed by atoms with van der Waals surface area (Å²) in [7, 11) is 4.49. The average molecular weight is 217 g/mol. The second kappa shape index (κ2) is 5.04. The van der Waals surface area contributed by atoms with Crippen LogP contribution in [-0.4, -0.2) is 55.2 Å². The van der Waals surface area contributed by atoms with Gasteiger partial charge in [0.2, 0.25) is 0 Å². The van der Waals surface area contributed by atoms with Crippen molar-refractivity contribution in [3.8, 4) is 0 Å². The third kappa shape index (κ3) is 2.24. The van der Waals surface area contributed by atoms with Crippen molar-refractivity contribution in [2.24, 2.45) is 0 Å². The van der Waals surface area contributed by atoms with Crippen LogP contribution in [-0.2, 0) is 13.3 Å². The summed E-state index contributed by atoms with van der Waals surface area (Å²) in [4.78, 5) is 2.24. The number of nitrogens with zero attached hydrogens (tertiary/aromatic N) is 1. The summed E-state index contributed by atoms with van der Waals surface area (Å²) in [5.41, 5.74) is 0. The van der Waals surface area contributed by atoms with Crippen molar-refractivity contribution in [2.75, 3.05) is 41.5 Å². The molecule has 0 saturated heterocycles. The Hall–Kier alpha value is -0.203. The minimum Gasteiger partial charge on any atom is -0.374 e. The van der Waals surface area contributed by atoms with Crippen molar-refractivity contribution in [2.45, 2.75) is 6.42 Å². The number of likely N-dealkylation sites (N-methyl/N-ethyl adjacent to an activating group) is 1. The van der Waals surface area contributed by atoms with Gasteiger partial charge in [-0.1, -0.05) is 6.08 Å². The second-order valence-corrected chi connectivity index (χ2v) is 6.40. The summed E-state index contributed by atoms with van der Waals surface area (Å²) in [6.45, 7) is 1.97. The molecule has 0 aliphatic carbocycles. The Labute approximate surface area is 86.8 Å². The van der Waals surface area contributed by atoms with Crippen LogP contribution in [0.3, 0.4) is 0 Å². The van der Waals surface area contributed by atoms with Crippen molar-refractivity contribution in [1.82, 2.24) is 4.90 Å². The molecule has 0 fully saturated rings. The van der Waals surface area contributed by atoms with Gasteiger partial charge in [-0.3, -0.25) is 0 Å². The summed E-state index contributed by atoms with van der Waals surface area (Å²) in [6.07, 6.45) is 3.22. The summed E-state index contributed by atoms with van der Waals surface area (Å²) in [5, 5.41) is 1.17. The van der Waals surface area contributed by atoms with Gasteiger partial charge < -0.3 is 18.2 Å². The molecule has 14 heavy (non-hydrogen) atoms. The Morgan fingerprint density at radius 1 is 1.21 bits per heavy atom. The monoisotopic (exact) mass is 217 g/mol. The van der Waals surface area contributed by atoms with Gasteiger partial charge in [-0.05, 0) is 13.5 Å². The van der Waals surface area contributed by atoms with Crippen LogP contribution in [0.5, 0.6) is 0 Å². The molecule has 82 valence electrons. The molecule has 1 rings (SSSR count). The maximum absolute atomic E-state index is 5.42. The fourth-order valence-electron chi connectivity index (χ4n) is 1.76. The zero-order valence-electron chi connectivity index (χ0n) is 9.37. The van der Waals surface area contributed by atoms with Crippen LogP contribution >= 0.6 is 0 Å². The SMILES string of the molecule is CO[Si](OC)(OC)C1=CCCN(C)C1. The Morgan fingerprint density at radius 2 is 1.79 bits per heavy atom. The van der Waals surface area contributed by atoms with E-state index in [2.05, 4.69) is 18.0 Å². The Kier molecular flexibility index (Phi) is 4.27. The van der Waals surface area contributed by atoms with Gasteiger partial charge in [-0.2, -0.15) is 0 Å². The first kappa shape index (κ1) is 11.9. The Morgan fingerprint density at radius 3 is 2.21 bits per heavy atom. The molecule has 1 aliphatic rings. The van der Waals surface area contributed by atoms with Gasteiger partial charge >= 0.3 is 8.80 Å². The third-order valence-electron chi connectivity index (χ3n) is 2.54. The van der Waals surface area contributed by atoms with Crippen molar-refractivity contribution < 1.29 is 13.3 Å². The molecule has 0 saturated carbocycles. The van der Waals surface area contributed by atoms with E-state index >= 15 is 0 Å². The Bertz CT molecular complexity index is 208. The van der Waals surface area contributed by atoms with E-state index in [-0.39, 0.29) is 0 Å². The molecule has 4 nitrogen and oxygen atoms in total. The third-order valence-corrected chi connectivity index (χ3v) is 5.30. The molecule has 0 radical (unpaired) electrons. The minimum atomic E-state index is -2.54. The molecule has 0 aromatic heterocycles. The molecule has 0 atom stereocenters. The van der Waals surface area contributed by atoms with Crippen molar-refractivity contribution in [1.29, 1.82) is 0 Å². The largest absolute Gasteiger partial charge is 0.533 e. The lowest BCUT2D eigenvalue weighted by molar-refractivity contribution is 0.130. The van der Waals surface area contributed by atoms with E-state index in [1.807, 2.05) is 0 Å². The number of rotatable bonds is 4. The van der Waals surface area contributed by atoms with Gasteiger partial charge in [0.15, 0.2) is 0 Å². The molecule has 1 heterocycles. The van der Waals surface area contributed by atoms with Gasteiger partial charge in [-0.25, -0.2) is 0 Å². The normalized spacial score (nSPS) is 19.6. The standard InChI is InChI=1S/C9H19NO3Si/c1-10-7-5-6-9(8-10)14(11-2,12-3)13-4/h6H,5,7-8H2,1-4H3. The van der Waals surface area contributed by atoms with Gasteiger partial charge in [0.25, 0.3) is 0 Å². The van der Waals surface area contributed by atoms with Crippen LogP contribution in [0.25, 0.3) is 0 Å².